The maximum Gasteiger partial charge on any atom is 0.226 e. The molecule has 1 aliphatic carbocycles. The lowest BCUT2D eigenvalue weighted by molar-refractivity contribution is 0.655. The molecule has 3 nitrogen and oxygen atoms in total. The summed E-state index contributed by atoms with van der Waals surface area (Å²) >= 11 is 6.47. The van der Waals surface area contributed by atoms with Crippen LogP contribution in [0.3, 0.4) is 0 Å². The summed E-state index contributed by atoms with van der Waals surface area (Å²) in [5.41, 5.74) is 9.38. The Morgan fingerprint density at radius 3 is 1.93 bits per heavy atom. The fraction of sp³-hybridized carbons (Fsp3) is 0.103. The lowest BCUT2D eigenvalue weighted by atomic mass is 9.93. The number of nitrogens with zero attached hydrogens (tertiary/aromatic N) is 3. The van der Waals surface area contributed by atoms with Crippen LogP contribution in [0, 0.1) is 0 Å². The molecule has 0 saturated heterocycles. The van der Waals surface area contributed by atoms with Crippen molar-refractivity contribution >= 4 is 33.1 Å². The quantitative estimate of drug-likeness (QED) is 0.210. The summed E-state index contributed by atoms with van der Waals surface area (Å²) in [6.45, 7) is 4.67. The Morgan fingerprint density at radius 2 is 1.09 bits per heavy atom. The van der Waals surface area contributed by atoms with Crippen LogP contribution in [0.5, 0.6) is 0 Å². The topological polar surface area (TPSA) is 38.7 Å². The molecule has 0 N–H and O–H groups in total. The van der Waals surface area contributed by atoms with Crippen molar-refractivity contribution in [2.45, 2.75) is 25.7 Å². The van der Waals surface area contributed by atoms with Gasteiger partial charge in [0.1, 0.15) is 0 Å². The normalized spacial score (nSPS) is 15.8. The van der Waals surface area contributed by atoms with Gasteiger partial charge in [-0.25, -0.2) is 4.98 Å². The van der Waals surface area contributed by atoms with Crippen LogP contribution in [0.15, 0.2) is 121 Å². The van der Waals surface area contributed by atoms with E-state index >= 15 is 0 Å². The molecule has 0 saturated carbocycles. The van der Waals surface area contributed by atoms with Gasteiger partial charge in [-0.2, -0.15) is 9.97 Å². The summed E-state index contributed by atoms with van der Waals surface area (Å²) < 4.78 is 0. The van der Waals surface area contributed by atoms with Gasteiger partial charge in [-0.15, -0.1) is 0 Å². The second kappa shape index (κ2) is 10.1. The van der Waals surface area contributed by atoms with Gasteiger partial charge in [0.15, 0.2) is 11.6 Å². The van der Waals surface area contributed by atoms with E-state index in [-0.39, 0.29) is 5.28 Å². The minimum Gasteiger partial charge on any atom is -0.208 e. The molecule has 206 valence electrons. The van der Waals surface area contributed by atoms with Crippen LogP contribution in [0.25, 0.3) is 66.6 Å². The minimum atomic E-state index is 0.176. The number of aromatic nitrogens is 3. The van der Waals surface area contributed by atoms with E-state index in [0.717, 1.165) is 16.7 Å². The van der Waals surface area contributed by atoms with Gasteiger partial charge < -0.3 is 0 Å². The molecule has 0 spiro atoms. The standard InChI is InChI=1S/C39H28ClN3/c1-23-24(2)31-20-21-34(35-15-7-13-30(23)36(31)35)26-16-18-27(19-17-26)37-41-38(43-39(40)42-37)29-11-5-10-28(22-29)33-14-6-9-25-8-3-4-12-32(25)33/h3-24H,1-2H3. The van der Waals surface area contributed by atoms with Gasteiger partial charge in [-0.05, 0) is 84.4 Å². The summed E-state index contributed by atoms with van der Waals surface area (Å²) in [7, 11) is 0. The number of halogens is 1. The van der Waals surface area contributed by atoms with E-state index in [0.29, 0.717) is 23.5 Å². The van der Waals surface area contributed by atoms with E-state index in [4.69, 9.17) is 16.6 Å². The smallest absolute Gasteiger partial charge is 0.208 e. The molecule has 0 bridgehead atoms. The van der Waals surface area contributed by atoms with Crippen LogP contribution in [0.2, 0.25) is 5.28 Å². The number of rotatable bonds is 4. The van der Waals surface area contributed by atoms with Gasteiger partial charge in [0.25, 0.3) is 0 Å². The molecule has 0 amide bonds. The molecule has 2 atom stereocenters. The van der Waals surface area contributed by atoms with Crippen LogP contribution in [0.4, 0.5) is 0 Å². The van der Waals surface area contributed by atoms with Crippen molar-refractivity contribution in [2.24, 2.45) is 0 Å². The van der Waals surface area contributed by atoms with E-state index < -0.39 is 0 Å². The van der Waals surface area contributed by atoms with Crippen LogP contribution in [-0.2, 0) is 0 Å². The molecule has 7 aromatic rings. The minimum absolute atomic E-state index is 0.176. The first kappa shape index (κ1) is 25.8. The Balaban J connectivity index is 1.16. The maximum absolute atomic E-state index is 6.47. The lowest BCUT2D eigenvalue weighted by Gasteiger charge is -2.12. The predicted molar refractivity (Wildman–Crippen MR) is 178 cm³/mol. The Bertz CT molecular complexity index is 2170. The van der Waals surface area contributed by atoms with Crippen LogP contribution in [0.1, 0.15) is 36.8 Å². The summed E-state index contributed by atoms with van der Waals surface area (Å²) in [5.74, 6) is 2.18. The first-order valence-electron chi connectivity index (χ1n) is 14.7. The highest BCUT2D eigenvalue weighted by Gasteiger charge is 2.28. The van der Waals surface area contributed by atoms with Gasteiger partial charge in [-0.1, -0.05) is 129 Å². The van der Waals surface area contributed by atoms with E-state index in [9.17, 15) is 0 Å². The largest absolute Gasteiger partial charge is 0.226 e. The second-order valence-electron chi connectivity index (χ2n) is 11.5. The van der Waals surface area contributed by atoms with Gasteiger partial charge in [0.05, 0.1) is 0 Å². The molecule has 1 aromatic heterocycles. The Kier molecular flexibility index (Phi) is 6.09. The number of fused-ring (bicyclic) bond motifs is 1. The van der Waals surface area contributed by atoms with E-state index in [1.54, 1.807) is 0 Å². The van der Waals surface area contributed by atoms with Crippen LogP contribution in [-0.4, -0.2) is 15.0 Å². The van der Waals surface area contributed by atoms with Gasteiger partial charge >= 0.3 is 0 Å². The van der Waals surface area contributed by atoms with Crippen molar-refractivity contribution in [1.29, 1.82) is 0 Å². The van der Waals surface area contributed by atoms with Gasteiger partial charge in [0.2, 0.25) is 5.28 Å². The third-order valence-electron chi connectivity index (χ3n) is 9.12. The zero-order valence-electron chi connectivity index (χ0n) is 23.9. The Labute approximate surface area is 255 Å². The van der Waals surface area contributed by atoms with Gasteiger partial charge in [-0.3, -0.25) is 0 Å². The molecule has 43 heavy (non-hydrogen) atoms. The Morgan fingerprint density at radius 1 is 0.488 bits per heavy atom. The van der Waals surface area contributed by atoms with Crippen molar-refractivity contribution in [2.75, 3.05) is 0 Å². The summed E-state index contributed by atoms with van der Waals surface area (Å²) in [6, 6.07) is 42.9. The first-order chi connectivity index (χ1) is 21.0. The van der Waals surface area contributed by atoms with Crippen molar-refractivity contribution in [1.82, 2.24) is 15.0 Å². The molecule has 2 unspecified atom stereocenters. The predicted octanol–water partition coefficient (Wildman–Crippen LogP) is 10.7. The SMILES string of the molecule is CC1c2cccc3c(-c4ccc(-c5nc(Cl)nc(-c6cccc(-c7cccc8ccccc78)c6)n5)cc4)ccc(c23)C1C. The number of benzene rings is 6. The third kappa shape index (κ3) is 4.31. The molecule has 1 heterocycles. The van der Waals surface area contributed by atoms with Crippen molar-refractivity contribution in [3.05, 3.63) is 138 Å². The zero-order valence-corrected chi connectivity index (χ0v) is 24.7. The van der Waals surface area contributed by atoms with Crippen molar-refractivity contribution < 1.29 is 0 Å². The van der Waals surface area contributed by atoms with Crippen molar-refractivity contribution in [3.63, 3.8) is 0 Å². The fourth-order valence-corrected chi connectivity index (χ4v) is 6.88. The number of hydrogen-bond donors (Lipinski definition) is 0. The molecular weight excluding hydrogens is 546 g/mol. The summed E-state index contributed by atoms with van der Waals surface area (Å²) in [5, 5.41) is 5.33. The number of hydrogen-bond acceptors (Lipinski definition) is 3. The van der Waals surface area contributed by atoms with Crippen molar-refractivity contribution in [3.8, 4) is 45.0 Å². The molecule has 8 rings (SSSR count). The molecule has 4 heteroatoms. The Hall–Kier alpha value is -4.86. The zero-order chi connectivity index (χ0) is 29.1. The van der Waals surface area contributed by atoms with E-state index in [1.807, 2.05) is 12.1 Å². The van der Waals surface area contributed by atoms with E-state index in [1.165, 1.54) is 49.4 Å². The maximum atomic E-state index is 6.47. The first-order valence-corrected chi connectivity index (χ1v) is 15.1. The third-order valence-corrected chi connectivity index (χ3v) is 9.29. The molecule has 0 aliphatic heterocycles. The molecule has 0 radical (unpaired) electrons. The molecule has 1 aliphatic rings. The molecule has 0 fully saturated rings. The van der Waals surface area contributed by atoms with Crippen LogP contribution >= 0.6 is 11.6 Å². The lowest BCUT2D eigenvalue weighted by Crippen LogP contribution is -1.97. The van der Waals surface area contributed by atoms with Crippen LogP contribution < -0.4 is 0 Å². The highest BCUT2D eigenvalue weighted by molar-refractivity contribution is 6.28. The molecular formula is C39H28ClN3. The van der Waals surface area contributed by atoms with Gasteiger partial charge in [0, 0.05) is 11.1 Å². The highest BCUT2D eigenvalue weighted by atomic mass is 35.5. The fourth-order valence-electron chi connectivity index (χ4n) is 6.72. The highest BCUT2D eigenvalue weighted by Crippen LogP contribution is 2.48. The van der Waals surface area contributed by atoms with E-state index in [2.05, 4.69) is 133 Å². The summed E-state index contributed by atoms with van der Waals surface area (Å²) in [6.07, 6.45) is 0. The molecule has 6 aromatic carbocycles. The monoisotopic (exact) mass is 573 g/mol. The second-order valence-corrected chi connectivity index (χ2v) is 11.8. The average molecular weight is 574 g/mol. The average Bonchev–Trinajstić information content (AvgIpc) is 3.31. The summed E-state index contributed by atoms with van der Waals surface area (Å²) in [4.78, 5) is 13.9.